The Morgan fingerprint density at radius 3 is 3.08 bits per heavy atom. The minimum absolute atomic E-state index is 0.158. The van der Waals surface area contributed by atoms with E-state index in [4.69, 9.17) is 4.74 Å². The maximum Gasteiger partial charge on any atom is 0.414 e. The summed E-state index contributed by atoms with van der Waals surface area (Å²) in [6.45, 7) is 4.78. The molecule has 0 N–H and O–H groups in total. The van der Waals surface area contributed by atoms with Crippen LogP contribution < -0.4 is 0 Å². The van der Waals surface area contributed by atoms with E-state index in [0.717, 1.165) is 12.8 Å². The fourth-order valence-electron chi connectivity index (χ4n) is 1.73. The Hall–Kier alpha value is -0.990. The van der Waals surface area contributed by atoms with Crippen molar-refractivity contribution in [1.29, 1.82) is 0 Å². The highest BCUT2D eigenvalue weighted by molar-refractivity contribution is 5.77. The molecular weight excluding hydrogens is 154 g/mol. The highest BCUT2D eigenvalue weighted by atomic mass is 16.6. The molecule has 0 aromatic carbocycles. The van der Waals surface area contributed by atoms with Crippen molar-refractivity contribution in [3.8, 4) is 0 Å². The first-order valence-corrected chi connectivity index (χ1v) is 4.41. The normalized spacial score (nSPS) is 31.0. The first-order valence-electron chi connectivity index (χ1n) is 4.41. The first-order chi connectivity index (χ1) is 5.75. The summed E-state index contributed by atoms with van der Waals surface area (Å²) in [6.07, 6.45) is 1.84. The average molecular weight is 167 g/mol. The molecule has 0 saturated carbocycles. The Bertz CT molecular complexity index is 257. The van der Waals surface area contributed by atoms with Crippen LogP contribution in [0.1, 0.15) is 26.7 Å². The Morgan fingerprint density at radius 2 is 2.50 bits per heavy atom. The van der Waals surface area contributed by atoms with Crippen molar-refractivity contribution in [2.75, 3.05) is 6.61 Å². The summed E-state index contributed by atoms with van der Waals surface area (Å²) in [7, 11) is 0. The molecule has 0 spiro atoms. The van der Waals surface area contributed by atoms with Crippen molar-refractivity contribution in [3.05, 3.63) is 11.3 Å². The topological polar surface area (TPSA) is 29.3 Å². The molecule has 3 heteroatoms. The largest absolute Gasteiger partial charge is 0.449 e. The molecule has 0 aromatic heterocycles. The van der Waals surface area contributed by atoms with Crippen molar-refractivity contribution in [2.45, 2.75) is 32.7 Å². The second-order valence-corrected chi connectivity index (χ2v) is 3.31. The third-order valence-electron chi connectivity index (χ3n) is 2.60. The van der Waals surface area contributed by atoms with Gasteiger partial charge in [0.25, 0.3) is 0 Å². The van der Waals surface area contributed by atoms with Gasteiger partial charge in [-0.15, -0.1) is 0 Å². The number of carbonyl (C=O) groups excluding carboxylic acids is 1. The lowest BCUT2D eigenvalue weighted by Crippen LogP contribution is -2.22. The molecule has 12 heavy (non-hydrogen) atoms. The van der Waals surface area contributed by atoms with Crippen molar-refractivity contribution in [3.63, 3.8) is 0 Å². The molecule has 2 fully saturated rings. The lowest BCUT2D eigenvalue weighted by molar-refractivity contribution is 0.111. The maximum atomic E-state index is 11.1. The SMILES string of the molecule is CCC(C)=C1C2CCOC(=O)N12. The van der Waals surface area contributed by atoms with Gasteiger partial charge in [0.15, 0.2) is 0 Å². The fourth-order valence-corrected chi connectivity index (χ4v) is 1.73. The molecule has 66 valence electrons. The number of allylic oxidation sites excluding steroid dienone is 1. The number of fused-ring (bicyclic) bond motifs is 1. The predicted molar refractivity (Wildman–Crippen MR) is 44.6 cm³/mol. The summed E-state index contributed by atoms with van der Waals surface area (Å²) in [5, 5.41) is 0. The number of rotatable bonds is 1. The van der Waals surface area contributed by atoms with Crippen molar-refractivity contribution < 1.29 is 9.53 Å². The Balaban J connectivity index is 2.20. The number of carbonyl (C=O) groups is 1. The van der Waals surface area contributed by atoms with Crippen LogP contribution in [0.15, 0.2) is 11.3 Å². The fraction of sp³-hybridized carbons (Fsp3) is 0.667. The smallest absolute Gasteiger partial charge is 0.414 e. The van der Waals surface area contributed by atoms with E-state index in [0.29, 0.717) is 12.6 Å². The number of hydrogen-bond donors (Lipinski definition) is 0. The Labute approximate surface area is 72.0 Å². The second kappa shape index (κ2) is 2.51. The molecule has 2 aliphatic heterocycles. The van der Waals surface area contributed by atoms with Gasteiger partial charge < -0.3 is 4.74 Å². The van der Waals surface area contributed by atoms with Gasteiger partial charge in [-0.1, -0.05) is 12.5 Å². The minimum Gasteiger partial charge on any atom is -0.449 e. The first kappa shape index (κ1) is 7.65. The Morgan fingerprint density at radius 1 is 1.75 bits per heavy atom. The van der Waals surface area contributed by atoms with Gasteiger partial charge in [0.2, 0.25) is 0 Å². The molecule has 3 nitrogen and oxygen atoms in total. The molecule has 0 aromatic rings. The van der Waals surface area contributed by atoms with Crippen LogP contribution in [-0.2, 0) is 4.74 Å². The van der Waals surface area contributed by atoms with Crippen LogP contribution in [0.5, 0.6) is 0 Å². The number of amides is 1. The summed E-state index contributed by atoms with van der Waals surface area (Å²) in [5.74, 6) is 0. The standard InChI is InChI=1S/C9H13NO2/c1-3-6(2)8-7-4-5-12-9(11)10(7)8/h7H,3-5H2,1-2H3. The summed E-state index contributed by atoms with van der Waals surface area (Å²) in [6, 6.07) is 0.381. The third kappa shape index (κ3) is 0.924. The van der Waals surface area contributed by atoms with Crippen LogP contribution in [0, 0.1) is 0 Å². The summed E-state index contributed by atoms with van der Waals surface area (Å²) < 4.78 is 4.91. The van der Waals surface area contributed by atoms with E-state index < -0.39 is 0 Å². The van der Waals surface area contributed by atoms with Crippen LogP contribution in [0.2, 0.25) is 0 Å². The average Bonchev–Trinajstić information content (AvgIpc) is 2.79. The van der Waals surface area contributed by atoms with Gasteiger partial charge in [-0.25, -0.2) is 4.79 Å². The number of ether oxygens (including phenoxy) is 1. The second-order valence-electron chi connectivity index (χ2n) is 3.31. The van der Waals surface area contributed by atoms with E-state index in [2.05, 4.69) is 13.8 Å². The molecule has 1 atom stereocenters. The summed E-state index contributed by atoms with van der Waals surface area (Å²) in [4.78, 5) is 12.9. The molecular formula is C9H13NO2. The zero-order valence-corrected chi connectivity index (χ0v) is 7.46. The molecule has 0 aliphatic carbocycles. The molecule has 2 aliphatic rings. The number of cyclic esters (lactones) is 1. The van der Waals surface area contributed by atoms with E-state index in [1.54, 1.807) is 4.90 Å². The molecule has 0 bridgehead atoms. The lowest BCUT2D eigenvalue weighted by Gasteiger charge is -2.09. The van der Waals surface area contributed by atoms with Crippen LogP contribution in [-0.4, -0.2) is 23.6 Å². The quantitative estimate of drug-likeness (QED) is 0.558. The van der Waals surface area contributed by atoms with E-state index >= 15 is 0 Å². The molecule has 2 rings (SSSR count). The maximum absolute atomic E-state index is 11.1. The molecule has 2 saturated heterocycles. The summed E-state index contributed by atoms with van der Waals surface area (Å²) in [5.41, 5.74) is 2.53. The van der Waals surface area contributed by atoms with Gasteiger partial charge in [-0.05, 0) is 13.3 Å². The predicted octanol–water partition coefficient (Wildman–Crippen LogP) is 1.89. The van der Waals surface area contributed by atoms with Gasteiger partial charge in [-0.3, -0.25) is 4.90 Å². The molecule has 0 radical (unpaired) electrons. The van der Waals surface area contributed by atoms with Crippen LogP contribution in [0.3, 0.4) is 0 Å². The van der Waals surface area contributed by atoms with Crippen molar-refractivity contribution >= 4 is 6.09 Å². The van der Waals surface area contributed by atoms with Gasteiger partial charge in [0.05, 0.1) is 12.6 Å². The number of hydrogen-bond acceptors (Lipinski definition) is 2. The van der Waals surface area contributed by atoms with Crippen LogP contribution >= 0.6 is 0 Å². The zero-order valence-electron chi connectivity index (χ0n) is 7.46. The van der Waals surface area contributed by atoms with Crippen molar-refractivity contribution in [2.24, 2.45) is 0 Å². The monoisotopic (exact) mass is 167 g/mol. The molecule has 1 amide bonds. The van der Waals surface area contributed by atoms with Crippen LogP contribution in [0.25, 0.3) is 0 Å². The highest BCUT2D eigenvalue weighted by Gasteiger charge is 2.49. The lowest BCUT2D eigenvalue weighted by atomic mass is 10.2. The van der Waals surface area contributed by atoms with Gasteiger partial charge in [0, 0.05) is 12.1 Å². The van der Waals surface area contributed by atoms with Gasteiger partial charge in [0.1, 0.15) is 0 Å². The van der Waals surface area contributed by atoms with E-state index in [-0.39, 0.29) is 6.09 Å². The molecule has 2 heterocycles. The van der Waals surface area contributed by atoms with Crippen LogP contribution in [0.4, 0.5) is 4.79 Å². The van der Waals surface area contributed by atoms with E-state index in [1.807, 2.05) is 0 Å². The number of nitrogens with zero attached hydrogens (tertiary/aromatic N) is 1. The Kier molecular flexibility index (Phi) is 1.60. The van der Waals surface area contributed by atoms with Crippen molar-refractivity contribution in [1.82, 2.24) is 4.90 Å². The molecule has 1 unspecified atom stereocenters. The summed E-state index contributed by atoms with van der Waals surface area (Å²) >= 11 is 0. The van der Waals surface area contributed by atoms with E-state index in [9.17, 15) is 4.79 Å². The minimum atomic E-state index is -0.158. The van der Waals surface area contributed by atoms with Gasteiger partial charge in [-0.2, -0.15) is 0 Å². The van der Waals surface area contributed by atoms with Gasteiger partial charge >= 0.3 is 6.09 Å². The zero-order chi connectivity index (χ0) is 8.72. The van der Waals surface area contributed by atoms with E-state index in [1.165, 1.54) is 11.3 Å². The highest BCUT2D eigenvalue weighted by Crippen LogP contribution is 2.41. The third-order valence-corrected chi connectivity index (χ3v) is 2.60.